The van der Waals surface area contributed by atoms with Crippen molar-refractivity contribution in [1.82, 2.24) is 0 Å². The van der Waals surface area contributed by atoms with Crippen molar-refractivity contribution in [2.75, 3.05) is 11.9 Å². The van der Waals surface area contributed by atoms with Crippen molar-refractivity contribution in [3.63, 3.8) is 0 Å². The van der Waals surface area contributed by atoms with E-state index < -0.39 is 35.8 Å². The molecule has 0 unspecified atom stereocenters. The van der Waals surface area contributed by atoms with Gasteiger partial charge in [-0.15, -0.1) is 0 Å². The van der Waals surface area contributed by atoms with Gasteiger partial charge in [-0.1, -0.05) is 11.6 Å². The molecule has 0 radical (unpaired) electrons. The minimum Gasteiger partial charge on any atom is -0.484 e. The van der Waals surface area contributed by atoms with E-state index >= 15 is 0 Å². The fraction of sp³-hybridized carbons (Fsp3) is 0.0952. The summed E-state index contributed by atoms with van der Waals surface area (Å²) in [4.78, 5) is 12.0. The van der Waals surface area contributed by atoms with E-state index in [2.05, 4.69) is 5.32 Å². The number of hydrogen-bond acceptors (Lipinski definition) is 3. The molecule has 0 saturated carbocycles. The molecule has 156 valence electrons. The van der Waals surface area contributed by atoms with Gasteiger partial charge in [-0.2, -0.15) is 13.2 Å². The van der Waals surface area contributed by atoms with Crippen LogP contribution in [0.5, 0.6) is 17.2 Å². The monoisotopic (exact) mass is 439 g/mol. The normalized spacial score (nSPS) is 11.1. The Bertz CT molecular complexity index is 1020. The van der Waals surface area contributed by atoms with Crippen LogP contribution in [0.3, 0.4) is 0 Å². The molecule has 0 aliphatic rings. The highest BCUT2D eigenvalue weighted by atomic mass is 35.5. The van der Waals surface area contributed by atoms with Gasteiger partial charge in [0.1, 0.15) is 28.6 Å². The third kappa shape index (κ3) is 5.87. The summed E-state index contributed by atoms with van der Waals surface area (Å²) in [6, 6.07) is 13.9. The predicted octanol–water partition coefficient (Wildman–Crippen LogP) is 6.31. The zero-order chi connectivity index (χ0) is 21.7. The second-order valence-corrected chi connectivity index (χ2v) is 6.49. The SMILES string of the molecule is O=C(COc1ccc(Cl)cc1)Nc1ccc(Oc2ccc(F)cc2)c(C(F)(F)F)c1. The van der Waals surface area contributed by atoms with Crippen molar-refractivity contribution in [3.05, 3.63) is 83.1 Å². The zero-order valence-electron chi connectivity index (χ0n) is 15.2. The summed E-state index contributed by atoms with van der Waals surface area (Å²) in [5.41, 5.74) is -1.18. The molecule has 0 fully saturated rings. The van der Waals surface area contributed by atoms with Crippen molar-refractivity contribution in [2.24, 2.45) is 0 Å². The average Bonchev–Trinajstić information content (AvgIpc) is 2.69. The molecule has 1 amide bonds. The van der Waals surface area contributed by atoms with E-state index in [1.807, 2.05) is 0 Å². The molecule has 3 rings (SSSR count). The average molecular weight is 440 g/mol. The number of carbonyl (C=O) groups excluding carboxylic acids is 1. The lowest BCUT2D eigenvalue weighted by Crippen LogP contribution is -2.20. The molecule has 3 aromatic rings. The molecule has 9 heteroatoms. The lowest BCUT2D eigenvalue weighted by Gasteiger charge is -2.16. The minimum absolute atomic E-state index is 0.0371. The van der Waals surface area contributed by atoms with Gasteiger partial charge >= 0.3 is 6.18 Å². The molecular formula is C21H14ClF4NO3. The van der Waals surface area contributed by atoms with E-state index in [1.165, 1.54) is 18.2 Å². The van der Waals surface area contributed by atoms with Crippen LogP contribution in [0, 0.1) is 5.82 Å². The van der Waals surface area contributed by atoms with Crippen molar-refractivity contribution in [2.45, 2.75) is 6.18 Å². The van der Waals surface area contributed by atoms with Gasteiger partial charge in [-0.3, -0.25) is 4.79 Å². The van der Waals surface area contributed by atoms with E-state index in [0.717, 1.165) is 24.3 Å². The quantitative estimate of drug-likeness (QED) is 0.458. The number of carbonyl (C=O) groups is 1. The van der Waals surface area contributed by atoms with Crippen molar-refractivity contribution < 1.29 is 31.8 Å². The Hall–Kier alpha value is -3.26. The molecule has 0 aliphatic heterocycles. The van der Waals surface area contributed by atoms with E-state index in [9.17, 15) is 22.4 Å². The highest BCUT2D eigenvalue weighted by molar-refractivity contribution is 6.30. The lowest BCUT2D eigenvalue weighted by molar-refractivity contribution is -0.138. The third-order valence-electron chi connectivity index (χ3n) is 3.79. The molecule has 0 saturated heterocycles. The summed E-state index contributed by atoms with van der Waals surface area (Å²) < 4.78 is 63.8. The number of benzene rings is 3. The van der Waals surface area contributed by atoms with Crippen LogP contribution in [-0.4, -0.2) is 12.5 Å². The minimum atomic E-state index is -4.74. The lowest BCUT2D eigenvalue weighted by atomic mass is 10.1. The van der Waals surface area contributed by atoms with Crippen molar-refractivity contribution >= 4 is 23.2 Å². The van der Waals surface area contributed by atoms with Crippen LogP contribution in [0.25, 0.3) is 0 Å². The Morgan fingerprint density at radius 3 is 2.20 bits per heavy atom. The number of ether oxygens (including phenoxy) is 2. The number of hydrogen-bond donors (Lipinski definition) is 1. The van der Waals surface area contributed by atoms with Gasteiger partial charge in [0.2, 0.25) is 0 Å². The highest BCUT2D eigenvalue weighted by Gasteiger charge is 2.35. The number of alkyl halides is 3. The first-order valence-corrected chi connectivity index (χ1v) is 8.91. The summed E-state index contributed by atoms with van der Waals surface area (Å²) in [6.45, 7) is -0.406. The predicted molar refractivity (Wildman–Crippen MR) is 103 cm³/mol. The molecule has 0 aliphatic carbocycles. The molecule has 3 aromatic carbocycles. The maximum Gasteiger partial charge on any atom is 0.420 e. The van der Waals surface area contributed by atoms with Gasteiger partial charge in [-0.25, -0.2) is 4.39 Å². The maximum absolute atomic E-state index is 13.4. The Kier molecular flexibility index (Phi) is 6.47. The fourth-order valence-corrected chi connectivity index (χ4v) is 2.55. The first-order valence-electron chi connectivity index (χ1n) is 8.53. The van der Waals surface area contributed by atoms with Gasteiger partial charge in [0, 0.05) is 10.7 Å². The van der Waals surface area contributed by atoms with Gasteiger partial charge in [0.05, 0.1) is 0 Å². The summed E-state index contributed by atoms with van der Waals surface area (Å²) >= 11 is 5.75. The number of nitrogens with one attached hydrogen (secondary N) is 1. The standard InChI is InChI=1S/C21H14ClF4NO3/c22-13-1-6-16(7-2-13)29-12-20(28)27-15-5-10-19(18(11-15)21(24,25)26)30-17-8-3-14(23)4-9-17/h1-11H,12H2,(H,27,28). The molecule has 30 heavy (non-hydrogen) atoms. The largest absolute Gasteiger partial charge is 0.484 e. The fourth-order valence-electron chi connectivity index (χ4n) is 2.42. The summed E-state index contributed by atoms with van der Waals surface area (Å²) in [7, 11) is 0. The molecule has 0 aromatic heterocycles. The van der Waals surface area contributed by atoms with Crippen LogP contribution in [0.1, 0.15) is 5.56 Å². The van der Waals surface area contributed by atoms with E-state index in [0.29, 0.717) is 10.8 Å². The van der Waals surface area contributed by atoms with Gasteiger partial charge in [0.15, 0.2) is 6.61 Å². The van der Waals surface area contributed by atoms with E-state index in [4.69, 9.17) is 21.1 Å². The summed E-state index contributed by atoms with van der Waals surface area (Å²) in [6.07, 6.45) is -4.74. The van der Waals surface area contributed by atoms with Crippen LogP contribution in [-0.2, 0) is 11.0 Å². The smallest absolute Gasteiger partial charge is 0.420 e. The summed E-state index contributed by atoms with van der Waals surface area (Å²) in [5, 5.41) is 2.83. The number of halogens is 5. The second kappa shape index (κ2) is 9.04. The Morgan fingerprint density at radius 2 is 1.57 bits per heavy atom. The molecule has 1 N–H and O–H groups in total. The Labute approximate surface area is 174 Å². The second-order valence-electron chi connectivity index (χ2n) is 6.06. The molecular weight excluding hydrogens is 426 g/mol. The molecule has 0 heterocycles. The van der Waals surface area contributed by atoms with Gasteiger partial charge < -0.3 is 14.8 Å². The molecule has 0 bridgehead atoms. The molecule has 0 atom stereocenters. The Morgan fingerprint density at radius 1 is 0.933 bits per heavy atom. The van der Waals surface area contributed by atoms with E-state index in [1.54, 1.807) is 24.3 Å². The number of anilines is 1. The zero-order valence-corrected chi connectivity index (χ0v) is 15.9. The first-order chi connectivity index (χ1) is 14.2. The topological polar surface area (TPSA) is 47.6 Å². The highest BCUT2D eigenvalue weighted by Crippen LogP contribution is 2.39. The van der Waals surface area contributed by atoms with Crippen LogP contribution in [0.15, 0.2) is 66.7 Å². The van der Waals surface area contributed by atoms with Gasteiger partial charge in [-0.05, 0) is 66.7 Å². The van der Waals surface area contributed by atoms with Crippen LogP contribution < -0.4 is 14.8 Å². The third-order valence-corrected chi connectivity index (χ3v) is 4.05. The first kappa shape index (κ1) is 21.4. The van der Waals surface area contributed by atoms with Gasteiger partial charge in [0.25, 0.3) is 5.91 Å². The number of amides is 1. The number of rotatable bonds is 6. The molecule has 0 spiro atoms. The Balaban J connectivity index is 1.71. The molecule has 4 nitrogen and oxygen atoms in total. The summed E-state index contributed by atoms with van der Waals surface area (Å²) in [5.74, 6) is -1.25. The van der Waals surface area contributed by atoms with Crippen LogP contribution in [0.2, 0.25) is 5.02 Å². The van der Waals surface area contributed by atoms with E-state index in [-0.39, 0.29) is 11.4 Å². The van der Waals surface area contributed by atoms with Crippen molar-refractivity contribution in [1.29, 1.82) is 0 Å². The maximum atomic E-state index is 13.4. The van der Waals surface area contributed by atoms with Crippen molar-refractivity contribution in [3.8, 4) is 17.2 Å². The van der Waals surface area contributed by atoms with Crippen LogP contribution >= 0.6 is 11.6 Å². The van der Waals surface area contributed by atoms with Crippen LogP contribution in [0.4, 0.5) is 23.2 Å².